The largest absolute Gasteiger partial charge is 0.483 e. The zero-order chi connectivity index (χ0) is 21.5. The minimum Gasteiger partial charge on any atom is -0.483 e. The Morgan fingerprint density at radius 1 is 0.968 bits per heavy atom. The monoisotopic (exact) mass is 415 g/mol. The second kappa shape index (κ2) is 9.89. The van der Waals surface area contributed by atoms with E-state index in [1.807, 2.05) is 24.3 Å². The van der Waals surface area contributed by atoms with Crippen molar-refractivity contribution in [3.63, 3.8) is 0 Å². The fraction of sp³-hybridized carbons (Fsp3) is 0.240. The number of nitrogens with one attached hydrogen (secondary N) is 2. The van der Waals surface area contributed by atoms with Gasteiger partial charge in [-0.15, -0.1) is 0 Å². The van der Waals surface area contributed by atoms with Crippen LogP contribution in [0.15, 0.2) is 67.0 Å². The molecule has 0 spiro atoms. The number of pyridine rings is 1. The van der Waals surface area contributed by atoms with Crippen LogP contribution in [0.5, 0.6) is 5.75 Å². The Bertz CT molecular complexity index is 1070. The van der Waals surface area contributed by atoms with Gasteiger partial charge >= 0.3 is 0 Å². The van der Waals surface area contributed by atoms with Gasteiger partial charge in [0.05, 0.1) is 11.3 Å². The number of rotatable bonds is 7. The summed E-state index contributed by atoms with van der Waals surface area (Å²) in [6.07, 6.45) is 7.75. The van der Waals surface area contributed by atoms with Gasteiger partial charge in [0.2, 0.25) is 0 Å². The molecule has 158 valence electrons. The maximum absolute atomic E-state index is 12.6. The highest BCUT2D eigenvalue weighted by atomic mass is 16.5. The molecule has 6 heteroatoms. The van der Waals surface area contributed by atoms with Gasteiger partial charge in [-0.3, -0.25) is 14.6 Å². The second-order valence-corrected chi connectivity index (χ2v) is 7.53. The van der Waals surface area contributed by atoms with Crippen molar-refractivity contribution in [1.29, 1.82) is 0 Å². The molecule has 31 heavy (non-hydrogen) atoms. The van der Waals surface area contributed by atoms with Gasteiger partial charge in [0.25, 0.3) is 11.8 Å². The highest BCUT2D eigenvalue weighted by Gasteiger charge is 2.16. The molecule has 1 heterocycles. The van der Waals surface area contributed by atoms with E-state index >= 15 is 0 Å². The predicted octanol–water partition coefficient (Wildman–Crippen LogP) is 3.91. The lowest BCUT2D eigenvalue weighted by Crippen LogP contribution is -2.26. The topological polar surface area (TPSA) is 80.3 Å². The summed E-state index contributed by atoms with van der Waals surface area (Å²) in [6, 6.07) is 16.7. The standard InChI is InChI=1S/C25H25N3O3/c29-24(17-31-23-13-5-9-19-8-1-2-10-20(19)23)28-22-12-4-3-11-21(22)25(30)27-16-18-7-6-14-26-15-18/h3-7,9,11-15H,1-2,8,10,16-17H2,(H,27,30)(H,28,29). The van der Waals surface area contributed by atoms with Crippen molar-refractivity contribution in [3.05, 3.63) is 89.2 Å². The van der Waals surface area contributed by atoms with Crippen LogP contribution in [0.1, 0.15) is 39.9 Å². The molecule has 0 saturated heterocycles. The fourth-order valence-corrected chi connectivity index (χ4v) is 3.78. The molecule has 0 unspecified atom stereocenters. The highest BCUT2D eigenvalue weighted by molar-refractivity contribution is 6.04. The Labute approximate surface area is 181 Å². The first-order chi connectivity index (χ1) is 15.2. The summed E-state index contributed by atoms with van der Waals surface area (Å²) < 4.78 is 5.82. The average molecular weight is 415 g/mol. The lowest BCUT2D eigenvalue weighted by molar-refractivity contribution is -0.118. The SMILES string of the molecule is O=C(COc1cccc2c1CCCC2)Nc1ccccc1C(=O)NCc1cccnc1. The van der Waals surface area contributed by atoms with Gasteiger partial charge < -0.3 is 15.4 Å². The fourth-order valence-electron chi connectivity index (χ4n) is 3.78. The molecule has 0 fully saturated rings. The van der Waals surface area contributed by atoms with E-state index in [0.29, 0.717) is 17.8 Å². The van der Waals surface area contributed by atoms with E-state index in [9.17, 15) is 9.59 Å². The summed E-state index contributed by atoms with van der Waals surface area (Å²) in [5.41, 5.74) is 4.26. The molecule has 1 aliphatic carbocycles. The van der Waals surface area contributed by atoms with Crippen LogP contribution in [-0.4, -0.2) is 23.4 Å². The van der Waals surface area contributed by atoms with E-state index < -0.39 is 0 Å². The van der Waals surface area contributed by atoms with Gasteiger partial charge in [-0.25, -0.2) is 0 Å². The van der Waals surface area contributed by atoms with Gasteiger partial charge in [-0.05, 0) is 66.6 Å². The number of benzene rings is 2. The van der Waals surface area contributed by atoms with Crippen molar-refractivity contribution < 1.29 is 14.3 Å². The van der Waals surface area contributed by atoms with Crippen LogP contribution in [0.3, 0.4) is 0 Å². The van der Waals surface area contributed by atoms with Crippen molar-refractivity contribution >= 4 is 17.5 Å². The first-order valence-electron chi connectivity index (χ1n) is 10.5. The van der Waals surface area contributed by atoms with Crippen LogP contribution < -0.4 is 15.4 Å². The number of amides is 2. The molecule has 3 aromatic rings. The van der Waals surface area contributed by atoms with Crippen molar-refractivity contribution in [2.45, 2.75) is 32.2 Å². The molecule has 0 bridgehead atoms. The summed E-state index contributed by atoms with van der Waals surface area (Å²) in [5.74, 6) is 0.202. The third-order valence-corrected chi connectivity index (χ3v) is 5.33. The molecule has 0 atom stereocenters. The van der Waals surface area contributed by atoms with E-state index in [-0.39, 0.29) is 18.4 Å². The third kappa shape index (κ3) is 5.28. The zero-order valence-corrected chi connectivity index (χ0v) is 17.3. The van der Waals surface area contributed by atoms with Crippen LogP contribution in [-0.2, 0) is 24.2 Å². The Balaban J connectivity index is 1.37. The molecule has 2 amide bonds. The van der Waals surface area contributed by atoms with Crippen LogP contribution in [0.4, 0.5) is 5.69 Å². The van der Waals surface area contributed by atoms with Gasteiger partial charge in [0, 0.05) is 18.9 Å². The molecular formula is C25H25N3O3. The Morgan fingerprint density at radius 2 is 1.84 bits per heavy atom. The molecule has 4 rings (SSSR count). The van der Waals surface area contributed by atoms with E-state index in [2.05, 4.69) is 21.7 Å². The maximum atomic E-state index is 12.6. The normalized spacial score (nSPS) is 12.5. The van der Waals surface area contributed by atoms with E-state index in [0.717, 1.165) is 30.6 Å². The van der Waals surface area contributed by atoms with E-state index in [1.54, 1.807) is 36.7 Å². The summed E-state index contributed by atoms with van der Waals surface area (Å²) in [7, 11) is 0. The summed E-state index contributed by atoms with van der Waals surface area (Å²) in [4.78, 5) is 29.2. The predicted molar refractivity (Wildman–Crippen MR) is 119 cm³/mol. The number of para-hydroxylation sites is 1. The van der Waals surface area contributed by atoms with Gasteiger partial charge in [0.15, 0.2) is 6.61 Å². The molecule has 0 aliphatic heterocycles. The third-order valence-electron chi connectivity index (χ3n) is 5.33. The summed E-state index contributed by atoms with van der Waals surface area (Å²) in [6.45, 7) is 0.249. The molecule has 2 aromatic carbocycles. The average Bonchev–Trinajstić information content (AvgIpc) is 2.82. The van der Waals surface area contributed by atoms with Crippen molar-refractivity contribution in [2.24, 2.45) is 0 Å². The quantitative estimate of drug-likeness (QED) is 0.613. The zero-order valence-electron chi connectivity index (χ0n) is 17.3. The number of aromatic nitrogens is 1. The number of anilines is 1. The van der Waals surface area contributed by atoms with Crippen LogP contribution in [0.25, 0.3) is 0 Å². The van der Waals surface area contributed by atoms with Crippen molar-refractivity contribution in [2.75, 3.05) is 11.9 Å². The number of carbonyl (C=O) groups excluding carboxylic acids is 2. The molecule has 2 N–H and O–H groups in total. The number of fused-ring (bicyclic) bond motifs is 1. The summed E-state index contributed by atoms with van der Waals surface area (Å²) >= 11 is 0. The van der Waals surface area contributed by atoms with Crippen LogP contribution >= 0.6 is 0 Å². The number of aryl methyl sites for hydroxylation is 1. The number of ether oxygens (including phenoxy) is 1. The molecule has 0 saturated carbocycles. The first-order valence-corrected chi connectivity index (χ1v) is 10.5. The maximum Gasteiger partial charge on any atom is 0.262 e. The van der Waals surface area contributed by atoms with E-state index in [1.165, 1.54) is 17.5 Å². The van der Waals surface area contributed by atoms with Gasteiger partial charge in [-0.2, -0.15) is 0 Å². The lowest BCUT2D eigenvalue weighted by Gasteiger charge is -2.19. The molecule has 0 radical (unpaired) electrons. The lowest BCUT2D eigenvalue weighted by atomic mass is 9.91. The molecule has 1 aromatic heterocycles. The molecular weight excluding hydrogens is 390 g/mol. The van der Waals surface area contributed by atoms with Crippen molar-refractivity contribution in [3.8, 4) is 5.75 Å². The number of hydrogen-bond acceptors (Lipinski definition) is 4. The minimum absolute atomic E-state index is 0.109. The first kappa shape index (κ1) is 20.6. The minimum atomic E-state index is -0.305. The van der Waals surface area contributed by atoms with E-state index in [4.69, 9.17) is 4.74 Å². The van der Waals surface area contributed by atoms with Crippen LogP contribution in [0, 0.1) is 0 Å². The highest BCUT2D eigenvalue weighted by Crippen LogP contribution is 2.29. The second-order valence-electron chi connectivity index (χ2n) is 7.53. The Morgan fingerprint density at radius 3 is 2.71 bits per heavy atom. The number of hydrogen-bond donors (Lipinski definition) is 2. The molecule has 1 aliphatic rings. The smallest absolute Gasteiger partial charge is 0.262 e. The van der Waals surface area contributed by atoms with Crippen molar-refractivity contribution in [1.82, 2.24) is 10.3 Å². The van der Waals surface area contributed by atoms with Gasteiger partial charge in [0.1, 0.15) is 5.75 Å². The number of nitrogens with zero attached hydrogens (tertiary/aromatic N) is 1. The Kier molecular flexibility index (Phi) is 6.57. The number of carbonyl (C=O) groups is 2. The van der Waals surface area contributed by atoms with Crippen LogP contribution in [0.2, 0.25) is 0 Å². The Hall–Kier alpha value is -3.67. The summed E-state index contributed by atoms with van der Waals surface area (Å²) in [5, 5.41) is 5.66. The van der Waals surface area contributed by atoms with Gasteiger partial charge in [-0.1, -0.05) is 30.3 Å². The molecule has 6 nitrogen and oxygen atoms in total.